The summed E-state index contributed by atoms with van der Waals surface area (Å²) in [7, 11) is 0. The molecule has 5 N–H and O–H groups in total. The molecule has 1 rings (SSSR count). The van der Waals surface area contributed by atoms with Gasteiger partial charge in [-0.1, -0.05) is 0 Å². The zero-order chi connectivity index (χ0) is 32.2. The molecule has 1 saturated heterocycles. The van der Waals surface area contributed by atoms with Crippen LogP contribution in [0, 0.1) is 0 Å². The van der Waals surface area contributed by atoms with Gasteiger partial charge in [0.1, 0.15) is 18.8 Å². The predicted molar refractivity (Wildman–Crippen MR) is 149 cm³/mol. The highest BCUT2D eigenvalue weighted by molar-refractivity contribution is 5.76. The first-order chi connectivity index (χ1) is 20.4. The maximum atomic E-state index is 12.2. The molecular weight excluding hydrogens is 572 g/mol. The monoisotopic (exact) mass is 618 g/mol. The summed E-state index contributed by atoms with van der Waals surface area (Å²) >= 11 is 0. The molecule has 0 saturated carbocycles. The molecule has 0 radical (unpaired) electrons. The summed E-state index contributed by atoms with van der Waals surface area (Å²) in [5.74, 6) is -2.79. The van der Waals surface area contributed by atoms with Gasteiger partial charge in [0.15, 0.2) is 18.5 Å². The minimum Gasteiger partial charge on any atom is -0.463 e. The number of hydrogen-bond donors (Lipinski definition) is 4. The van der Waals surface area contributed by atoms with Crippen LogP contribution in [0.4, 0.5) is 0 Å². The van der Waals surface area contributed by atoms with Crippen LogP contribution in [0.5, 0.6) is 0 Å². The average molecular weight is 619 g/mol. The highest BCUT2D eigenvalue weighted by Gasteiger charge is 2.51. The number of ether oxygens (including phenoxy) is 6. The molecule has 0 aliphatic carbocycles. The fraction of sp³-hybridized carbons (Fsp3) is 0.778. The Morgan fingerprint density at radius 1 is 0.744 bits per heavy atom. The van der Waals surface area contributed by atoms with E-state index < -0.39 is 54.5 Å². The minimum absolute atomic E-state index is 0.111. The smallest absolute Gasteiger partial charge is 0.303 e. The molecule has 0 aromatic carbocycles. The zero-order valence-corrected chi connectivity index (χ0v) is 25.3. The molecule has 3 amide bonds. The highest BCUT2D eigenvalue weighted by atomic mass is 16.7. The van der Waals surface area contributed by atoms with Crippen molar-refractivity contribution in [2.45, 2.75) is 90.4 Å². The summed E-state index contributed by atoms with van der Waals surface area (Å²) in [5.41, 5.74) is 5.31. The number of nitrogens with one attached hydrogen (secondary N) is 3. The van der Waals surface area contributed by atoms with Crippen molar-refractivity contribution >= 4 is 35.6 Å². The molecule has 1 aliphatic heterocycles. The maximum absolute atomic E-state index is 12.2. The number of carbonyl (C=O) groups is 6. The number of carbonyl (C=O) groups excluding carboxylic acids is 6. The standard InChI is InChI=1S/C27H46N4O12/c1-17(32)31-24-26(42-20(4)35)25(41-19(3)34)21(16-40-18(2)33)43-27(24)39-13-6-5-8-22(36)29-11-7-12-30-23(37)9-14-38-15-10-28/h21,24-27H,5-16,28H2,1-4H3,(H,29,36)(H,30,37)(H,31,32)/t21-,24-,25+,26-,27-/m1/s1. The maximum Gasteiger partial charge on any atom is 0.303 e. The molecular formula is C27H46N4O12. The molecule has 1 fully saturated rings. The Morgan fingerprint density at radius 3 is 1.95 bits per heavy atom. The number of esters is 3. The fourth-order valence-electron chi connectivity index (χ4n) is 4.09. The van der Waals surface area contributed by atoms with Gasteiger partial charge in [0.25, 0.3) is 0 Å². The predicted octanol–water partition coefficient (Wildman–Crippen LogP) is -1.18. The Bertz CT molecular complexity index is 918. The van der Waals surface area contributed by atoms with Gasteiger partial charge in [-0.2, -0.15) is 0 Å². The van der Waals surface area contributed by atoms with Gasteiger partial charge in [0, 0.05) is 66.8 Å². The molecule has 0 unspecified atom stereocenters. The van der Waals surface area contributed by atoms with E-state index in [0.29, 0.717) is 52.1 Å². The van der Waals surface area contributed by atoms with Gasteiger partial charge in [0.2, 0.25) is 17.7 Å². The molecule has 246 valence electrons. The Labute approximate surface area is 251 Å². The minimum atomic E-state index is -1.20. The number of hydrogen-bond acceptors (Lipinski definition) is 13. The summed E-state index contributed by atoms with van der Waals surface area (Å²) in [4.78, 5) is 71.0. The van der Waals surface area contributed by atoms with Crippen molar-refractivity contribution in [1.82, 2.24) is 16.0 Å². The SMILES string of the molecule is CC(=O)N[C@H]1[C@H](OCCCCC(=O)NCCCNC(=O)CCOCCN)O[C@H](COC(C)=O)[C@H](OC(C)=O)[C@@H]1OC(C)=O. The van der Waals surface area contributed by atoms with Crippen LogP contribution in [-0.2, 0) is 57.2 Å². The Morgan fingerprint density at radius 2 is 1.37 bits per heavy atom. The number of rotatable bonds is 20. The van der Waals surface area contributed by atoms with Crippen molar-refractivity contribution in [2.75, 3.05) is 46.1 Å². The van der Waals surface area contributed by atoms with E-state index >= 15 is 0 Å². The van der Waals surface area contributed by atoms with Gasteiger partial charge < -0.3 is 50.1 Å². The third-order valence-electron chi connectivity index (χ3n) is 5.89. The van der Waals surface area contributed by atoms with E-state index in [-0.39, 0.29) is 37.9 Å². The van der Waals surface area contributed by atoms with Gasteiger partial charge in [-0.3, -0.25) is 28.8 Å². The van der Waals surface area contributed by atoms with E-state index in [1.807, 2.05) is 0 Å². The third-order valence-corrected chi connectivity index (χ3v) is 5.89. The van der Waals surface area contributed by atoms with Gasteiger partial charge >= 0.3 is 17.9 Å². The molecule has 5 atom stereocenters. The van der Waals surface area contributed by atoms with Crippen LogP contribution in [0.15, 0.2) is 0 Å². The quantitative estimate of drug-likeness (QED) is 0.0718. The average Bonchev–Trinajstić information content (AvgIpc) is 2.91. The number of nitrogens with two attached hydrogens (primary N) is 1. The van der Waals surface area contributed by atoms with E-state index in [0.717, 1.165) is 13.8 Å². The molecule has 16 nitrogen and oxygen atoms in total. The highest BCUT2D eigenvalue weighted by Crippen LogP contribution is 2.28. The van der Waals surface area contributed by atoms with E-state index in [4.69, 9.17) is 34.2 Å². The Hall–Kier alpha value is -3.34. The van der Waals surface area contributed by atoms with Crippen LogP contribution >= 0.6 is 0 Å². The van der Waals surface area contributed by atoms with Gasteiger partial charge in [0.05, 0.1) is 13.2 Å². The first kappa shape index (κ1) is 37.7. The summed E-state index contributed by atoms with van der Waals surface area (Å²) in [6, 6.07) is -1.05. The molecule has 0 aromatic rings. The lowest BCUT2D eigenvalue weighted by Crippen LogP contribution is -2.66. The van der Waals surface area contributed by atoms with Crippen molar-refractivity contribution in [1.29, 1.82) is 0 Å². The van der Waals surface area contributed by atoms with E-state index in [2.05, 4.69) is 16.0 Å². The number of unbranched alkanes of at least 4 members (excludes halogenated alkanes) is 1. The van der Waals surface area contributed by atoms with E-state index in [1.165, 1.54) is 13.8 Å². The second-order valence-electron chi connectivity index (χ2n) is 9.75. The van der Waals surface area contributed by atoms with Gasteiger partial charge in [-0.25, -0.2) is 0 Å². The summed E-state index contributed by atoms with van der Waals surface area (Å²) in [6.07, 6.45) is -2.66. The zero-order valence-electron chi connectivity index (χ0n) is 25.3. The van der Waals surface area contributed by atoms with E-state index in [9.17, 15) is 28.8 Å². The topological polar surface area (TPSA) is 220 Å². The summed E-state index contributed by atoms with van der Waals surface area (Å²) in [5, 5.41) is 8.16. The van der Waals surface area contributed by atoms with Crippen LogP contribution in [0.25, 0.3) is 0 Å². The van der Waals surface area contributed by atoms with Crippen molar-refractivity contribution in [2.24, 2.45) is 5.73 Å². The molecule has 0 aromatic heterocycles. The first-order valence-corrected chi connectivity index (χ1v) is 14.3. The molecule has 0 spiro atoms. The molecule has 1 aliphatic rings. The van der Waals surface area contributed by atoms with Crippen LogP contribution in [0.2, 0.25) is 0 Å². The lowest BCUT2D eigenvalue weighted by Gasteiger charge is -2.44. The van der Waals surface area contributed by atoms with E-state index in [1.54, 1.807) is 0 Å². The van der Waals surface area contributed by atoms with Crippen molar-refractivity contribution in [3.8, 4) is 0 Å². The van der Waals surface area contributed by atoms with Gasteiger partial charge in [-0.15, -0.1) is 0 Å². The van der Waals surface area contributed by atoms with Crippen molar-refractivity contribution in [3.63, 3.8) is 0 Å². The van der Waals surface area contributed by atoms with Crippen LogP contribution in [0.1, 0.15) is 59.8 Å². The largest absolute Gasteiger partial charge is 0.463 e. The lowest BCUT2D eigenvalue weighted by molar-refractivity contribution is -0.277. The molecule has 1 heterocycles. The third kappa shape index (κ3) is 16.8. The molecule has 0 bridgehead atoms. The fourth-order valence-corrected chi connectivity index (χ4v) is 4.09. The number of amides is 3. The van der Waals surface area contributed by atoms with Crippen LogP contribution < -0.4 is 21.7 Å². The lowest BCUT2D eigenvalue weighted by atomic mass is 9.96. The normalized spacial score (nSPS) is 21.3. The molecule has 43 heavy (non-hydrogen) atoms. The van der Waals surface area contributed by atoms with Gasteiger partial charge in [-0.05, 0) is 19.3 Å². The second kappa shape index (κ2) is 21.4. The summed E-state index contributed by atoms with van der Waals surface area (Å²) in [6.45, 7) is 6.48. The van der Waals surface area contributed by atoms with Crippen LogP contribution in [-0.4, -0.2) is 112 Å². The Kier molecular flexibility index (Phi) is 18.7. The second-order valence-corrected chi connectivity index (χ2v) is 9.75. The summed E-state index contributed by atoms with van der Waals surface area (Å²) < 4.78 is 32.8. The first-order valence-electron chi connectivity index (χ1n) is 14.3. The van der Waals surface area contributed by atoms with Crippen molar-refractivity contribution < 1.29 is 57.2 Å². The molecule has 16 heteroatoms. The van der Waals surface area contributed by atoms with Crippen LogP contribution in [0.3, 0.4) is 0 Å². The Balaban J connectivity index is 2.59. The van der Waals surface area contributed by atoms with Crippen molar-refractivity contribution in [3.05, 3.63) is 0 Å².